The number of nitrogens with zero attached hydrogens (tertiary/aromatic N) is 3. The number of rotatable bonds is 0. The molecule has 0 radical (unpaired) electrons. The molecule has 8 aromatic rings. The van der Waals surface area contributed by atoms with Crippen molar-refractivity contribution >= 4 is 60.0 Å². The molecule has 9 aliphatic carbocycles. The van der Waals surface area contributed by atoms with Gasteiger partial charge in [0.15, 0.2) is 0 Å². The lowest BCUT2D eigenvalue weighted by molar-refractivity contribution is 0.166. The van der Waals surface area contributed by atoms with Gasteiger partial charge in [-0.05, 0) is 192 Å². The van der Waals surface area contributed by atoms with Gasteiger partial charge in [0.1, 0.15) is 11.2 Å². The Hall–Kier alpha value is -5.32. The molecule has 4 saturated carbocycles. The molecule has 3 heterocycles. The van der Waals surface area contributed by atoms with Crippen LogP contribution in [0.25, 0.3) is 71.2 Å². The number of para-hydroxylation sites is 1. The topological polar surface area (TPSA) is 65.1 Å². The Morgan fingerprint density at radius 1 is 0.561 bits per heavy atom. The molecule has 0 saturated heterocycles. The van der Waals surface area contributed by atoms with Crippen LogP contribution in [0.2, 0.25) is 0 Å². The second-order valence-corrected chi connectivity index (χ2v) is 20.6. The number of hydrogen-bond acceptors (Lipinski definition) is 3. The summed E-state index contributed by atoms with van der Waals surface area (Å²) in [5.41, 5.74) is 18.4. The fraction of sp³-hybridized carbons (Fsp3) is 0.396. The molecule has 276 valence electrons. The second kappa shape index (κ2) is 9.85. The molecule has 17 rings (SSSR count). The van der Waals surface area contributed by atoms with Crippen molar-refractivity contribution in [1.82, 2.24) is 4.40 Å². The lowest BCUT2D eigenvalue weighted by Crippen LogP contribution is -2.25. The van der Waals surface area contributed by atoms with Gasteiger partial charge in [-0.25, -0.2) is 0 Å². The zero-order valence-corrected chi connectivity index (χ0v) is 32.6. The number of aromatic nitrogens is 1. The molecule has 0 N–H and O–H groups in total. The Morgan fingerprint density at radius 2 is 1.12 bits per heavy atom. The number of fused-ring (bicyclic) bond motifs is 13. The van der Waals surface area contributed by atoms with Gasteiger partial charge in [0.05, 0.1) is 39.8 Å². The van der Waals surface area contributed by atoms with Crippen LogP contribution in [0.1, 0.15) is 146 Å². The first kappa shape index (κ1) is 30.8. The summed E-state index contributed by atoms with van der Waals surface area (Å²) in [4.78, 5) is 0. The number of benzene rings is 5. The minimum absolute atomic E-state index is 0.265. The summed E-state index contributed by atoms with van der Waals surface area (Å²) in [6, 6.07) is 26.1. The molecule has 4 unspecified atom stereocenters. The minimum atomic E-state index is -0.265. The third-order valence-corrected chi connectivity index (χ3v) is 17.6. The fourth-order valence-corrected chi connectivity index (χ4v) is 16.1. The van der Waals surface area contributed by atoms with Crippen LogP contribution in [-0.4, -0.2) is 4.40 Å². The summed E-state index contributed by atoms with van der Waals surface area (Å²) in [6.45, 7) is 4.92. The van der Waals surface area contributed by atoms with Gasteiger partial charge in [-0.2, -0.15) is 10.5 Å². The summed E-state index contributed by atoms with van der Waals surface area (Å²) >= 11 is 0. The Bertz CT molecular complexity index is 3290. The Balaban J connectivity index is 1.17. The first-order chi connectivity index (χ1) is 27.9. The van der Waals surface area contributed by atoms with Crippen LogP contribution < -0.4 is 0 Å². The van der Waals surface area contributed by atoms with Gasteiger partial charge in [-0.3, -0.25) is 0 Å². The predicted octanol–water partition coefficient (Wildman–Crippen LogP) is 13.6. The zero-order valence-electron chi connectivity index (χ0n) is 32.6. The van der Waals surface area contributed by atoms with E-state index in [4.69, 9.17) is 4.42 Å². The highest BCUT2D eigenvalue weighted by Crippen LogP contribution is 2.64. The van der Waals surface area contributed by atoms with Crippen LogP contribution in [0.4, 0.5) is 0 Å². The third-order valence-electron chi connectivity index (χ3n) is 17.6. The Morgan fingerprint density at radius 3 is 1.74 bits per heavy atom. The van der Waals surface area contributed by atoms with Gasteiger partial charge in [0.2, 0.25) is 0 Å². The van der Waals surface area contributed by atoms with E-state index in [9.17, 15) is 10.5 Å². The molecule has 3 aromatic heterocycles. The first-order valence-electron chi connectivity index (χ1n) is 22.1. The van der Waals surface area contributed by atoms with Gasteiger partial charge in [-0.1, -0.05) is 32.0 Å². The van der Waals surface area contributed by atoms with Crippen molar-refractivity contribution in [2.24, 2.45) is 23.7 Å². The summed E-state index contributed by atoms with van der Waals surface area (Å²) in [7, 11) is 0. The maximum Gasteiger partial charge on any atom is 0.136 e. The lowest BCUT2D eigenvalue weighted by atomic mass is 9.67. The molecule has 4 fully saturated rings. The van der Waals surface area contributed by atoms with Gasteiger partial charge in [0.25, 0.3) is 0 Å². The molecule has 8 bridgehead atoms. The van der Waals surface area contributed by atoms with E-state index in [1.807, 2.05) is 0 Å². The van der Waals surface area contributed by atoms with E-state index in [0.29, 0.717) is 23.7 Å². The molecule has 0 spiro atoms. The maximum atomic E-state index is 11.1. The minimum Gasteiger partial charge on any atom is -0.456 e. The third kappa shape index (κ3) is 3.48. The van der Waals surface area contributed by atoms with Crippen molar-refractivity contribution in [3.63, 3.8) is 0 Å². The van der Waals surface area contributed by atoms with Crippen molar-refractivity contribution in [1.29, 1.82) is 10.5 Å². The van der Waals surface area contributed by atoms with Crippen molar-refractivity contribution < 1.29 is 4.42 Å². The zero-order chi connectivity index (χ0) is 37.4. The Labute approximate surface area is 331 Å². The quantitative estimate of drug-likeness (QED) is 0.156. The second-order valence-electron chi connectivity index (χ2n) is 20.6. The normalized spacial score (nSPS) is 29.7. The molecule has 9 aliphatic rings. The summed E-state index contributed by atoms with van der Waals surface area (Å²) in [5, 5.41) is 30.1. The van der Waals surface area contributed by atoms with Crippen molar-refractivity contribution in [2.45, 2.75) is 107 Å². The Kier molecular flexibility index (Phi) is 5.32. The highest BCUT2D eigenvalue weighted by Gasteiger charge is 2.48. The molecule has 0 amide bonds. The van der Waals surface area contributed by atoms with Crippen LogP contribution >= 0.6 is 0 Å². The number of furan rings is 1. The van der Waals surface area contributed by atoms with Crippen LogP contribution in [0.5, 0.6) is 0 Å². The van der Waals surface area contributed by atoms with Crippen molar-refractivity contribution in [3.05, 3.63) is 99.1 Å². The van der Waals surface area contributed by atoms with Gasteiger partial charge in [-0.15, -0.1) is 0 Å². The van der Waals surface area contributed by atoms with Crippen LogP contribution in [0.3, 0.4) is 0 Å². The van der Waals surface area contributed by atoms with Gasteiger partial charge in [0, 0.05) is 37.7 Å². The average molecular weight is 738 g/mol. The van der Waals surface area contributed by atoms with E-state index in [1.165, 1.54) is 158 Å². The smallest absolute Gasteiger partial charge is 0.136 e. The molecule has 4 heteroatoms. The highest BCUT2D eigenvalue weighted by molar-refractivity contribution is 6.28. The van der Waals surface area contributed by atoms with Crippen molar-refractivity contribution in [2.75, 3.05) is 0 Å². The van der Waals surface area contributed by atoms with Gasteiger partial charge >= 0.3 is 0 Å². The van der Waals surface area contributed by atoms with Gasteiger partial charge < -0.3 is 8.82 Å². The van der Waals surface area contributed by atoms with Crippen LogP contribution in [-0.2, 0) is 5.41 Å². The summed E-state index contributed by atoms with van der Waals surface area (Å²) in [6.07, 6.45) is 12.7. The van der Waals surface area contributed by atoms with E-state index in [0.717, 1.165) is 46.0 Å². The summed E-state index contributed by atoms with van der Waals surface area (Å²) < 4.78 is 9.20. The monoisotopic (exact) mass is 737 g/mol. The van der Waals surface area contributed by atoms with Crippen molar-refractivity contribution in [3.8, 4) is 23.3 Å². The molecule has 4 atom stereocenters. The average Bonchev–Trinajstić information content (AvgIpc) is 3.83. The predicted molar refractivity (Wildman–Crippen MR) is 226 cm³/mol. The first-order valence-corrected chi connectivity index (χ1v) is 22.1. The van der Waals surface area contributed by atoms with E-state index in [1.54, 1.807) is 0 Å². The molecule has 5 aromatic carbocycles. The molecule has 4 nitrogen and oxygen atoms in total. The fourth-order valence-electron chi connectivity index (χ4n) is 16.1. The molecule has 57 heavy (non-hydrogen) atoms. The number of hydrogen-bond donors (Lipinski definition) is 0. The summed E-state index contributed by atoms with van der Waals surface area (Å²) in [5.74, 6) is 4.97. The molecule has 0 aliphatic heterocycles. The SMILES string of the molecule is CC1(C)c2cc3c(cc2-c2cc4c5c6c(c(C#N)cc5n5c7cc(C#N)c8c(c7c(c21)c45)C1CC2CC(CC8C2)C1)C1CC2CC(C1)CC6C2)oc1ccccc13. The van der Waals surface area contributed by atoms with Crippen LogP contribution in [0.15, 0.2) is 59.0 Å². The van der Waals surface area contributed by atoms with E-state index < -0.39 is 0 Å². The molecular weight excluding hydrogens is 695 g/mol. The standard InChI is InChI=1S/C53H43N3O/c1-53(2)39-20-36-34-5-3-4-6-42(34)57-43(36)21-35(39)37-19-38-48-40(17-32(22-54)44-28-9-24-7-25(10-28)14-30(13-24)46(44)48)56-41-18-33(23-55)45-29-11-26-8-27(12-29)16-31(15-26)47(45)49(41)50(51(37)53)52(38)56/h3-6,17-21,24-31H,7-16H2,1-2H3. The maximum absolute atomic E-state index is 11.1. The lowest BCUT2D eigenvalue weighted by Gasteiger charge is -2.38. The van der Waals surface area contributed by atoms with E-state index in [-0.39, 0.29) is 5.41 Å². The largest absolute Gasteiger partial charge is 0.456 e. The van der Waals surface area contributed by atoms with E-state index >= 15 is 0 Å². The highest BCUT2D eigenvalue weighted by atomic mass is 16.3. The molecular formula is C53H43N3O. The number of nitriles is 2. The van der Waals surface area contributed by atoms with Crippen LogP contribution in [0, 0.1) is 46.3 Å². The van der Waals surface area contributed by atoms with E-state index in [2.05, 4.69) is 85.0 Å².